The summed E-state index contributed by atoms with van der Waals surface area (Å²) in [6.07, 6.45) is -1.38. The summed E-state index contributed by atoms with van der Waals surface area (Å²) in [6.45, 7) is 4.91. The van der Waals surface area contributed by atoms with Crippen LogP contribution in [0.5, 0.6) is 0 Å². The lowest BCUT2D eigenvalue weighted by Gasteiger charge is -2.19. The molecule has 1 N–H and O–H groups in total. The number of ether oxygens (including phenoxy) is 1. The highest BCUT2D eigenvalue weighted by Crippen LogP contribution is 2.23. The first kappa shape index (κ1) is 24.7. The zero-order chi connectivity index (χ0) is 23.3. The van der Waals surface area contributed by atoms with Crippen molar-refractivity contribution in [2.45, 2.75) is 31.8 Å². The predicted molar refractivity (Wildman–Crippen MR) is 111 cm³/mol. The van der Waals surface area contributed by atoms with Crippen molar-refractivity contribution < 1.29 is 31.5 Å². The maximum absolute atomic E-state index is 14.2. The Balaban J connectivity index is 2.20. The van der Waals surface area contributed by atoms with E-state index < -0.39 is 45.2 Å². The molecule has 0 aliphatic heterocycles. The third-order valence-corrected chi connectivity index (χ3v) is 6.70. The van der Waals surface area contributed by atoms with Crippen LogP contribution in [-0.2, 0) is 19.6 Å². The highest BCUT2D eigenvalue weighted by Gasteiger charge is 2.26. The first-order valence-electron chi connectivity index (χ1n) is 9.27. The van der Waals surface area contributed by atoms with Crippen LogP contribution in [0.2, 0.25) is 5.02 Å². The van der Waals surface area contributed by atoms with E-state index in [1.165, 1.54) is 13.0 Å². The molecule has 0 aromatic heterocycles. The molecule has 0 spiro atoms. The number of amides is 1. The van der Waals surface area contributed by atoms with Crippen molar-refractivity contribution in [2.75, 3.05) is 18.4 Å². The van der Waals surface area contributed by atoms with Crippen LogP contribution in [0.25, 0.3) is 0 Å². The molecule has 1 amide bonds. The standard InChI is InChI=1S/C20H21ClF2N2O5S/c1-4-25(5-2)31(28,29)14-7-8-17(23)15(11-14)20(27)30-12(3)19(26)24-18-9-6-13(22)10-16(18)21/h6-12H,4-5H2,1-3H3,(H,24,26). The maximum atomic E-state index is 14.2. The Bertz CT molecular complexity index is 1090. The number of carbonyl (C=O) groups is 2. The molecule has 1 unspecified atom stereocenters. The molecule has 168 valence electrons. The summed E-state index contributed by atoms with van der Waals surface area (Å²) in [7, 11) is -3.93. The van der Waals surface area contributed by atoms with Gasteiger partial charge in [-0.1, -0.05) is 25.4 Å². The highest BCUT2D eigenvalue weighted by molar-refractivity contribution is 7.89. The number of carbonyl (C=O) groups excluding carboxylic acids is 2. The third kappa shape index (κ3) is 5.78. The molecule has 2 aromatic carbocycles. The number of benzene rings is 2. The molecule has 0 saturated heterocycles. The van der Waals surface area contributed by atoms with Crippen molar-refractivity contribution >= 4 is 39.2 Å². The van der Waals surface area contributed by atoms with Gasteiger partial charge in [-0.25, -0.2) is 22.0 Å². The first-order valence-corrected chi connectivity index (χ1v) is 11.1. The van der Waals surface area contributed by atoms with Crippen LogP contribution in [0, 0.1) is 11.6 Å². The number of sulfonamides is 1. The summed E-state index contributed by atoms with van der Waals surface area (Å²) in [5.41, 5.74) is -0.540. The lowest BCUT2D eigenvalue weighted by molar-refractivity contribution is -0.123. The van der Waals surface area contributed by atoms with E-state index in [4.69, 9.17) is 16.3 Å². The average Bonchev–Trinajstić information content (AvgIpc) is 2.70. The van der Waals surface area contributed by atoms with Crippen LogP contribution < -0.4 is 5.32 Å². The van der Waals surface area contributed by atoms with E-state index >= 15 is 0 Å². The molecule has 0 fully saturated rings. The molecular formula is C20H21ClF2N2O5S. The van der Waals surface area contributed by atoms with Gasteiger partial charge in [-0.15, -0.1) is 0 Å². The minimum atomic E-state index is -3.93. The monoisotopic (exact) mass is 474 g/mol. The minimum absolute atomic E-state index is 0.0627. The van der Waals surface area contributed by atoms with Crippen LogP contribution in [0.4, 0.5) is 14.5 Å². The van der Waals surface area contributed by atoms with Gasteiger partial charge in [0.2, 0.25) is 10.0 Å². The summed E-state index contributed by atoms with van der Waals surface area (Å²) in [5, 5.41) is 2.30. The third-order valence-electron chi connectivity index (χ3n) is 4.34. The summed E-state index contributed by atoms with van der Waals surface area (Å²) in [6, 6.07) is 6.06. The second-order valence-corrected chi connectivity index (χ2v) is 8.74. The zero-order valence-electron chi connectivity index (χ0n) is 17.0. The molecule has 0 bridgehead atoms. The van der Waals surface area contributed by atoms with Crippen molar-refractivity contribution in [2.24, 2.45) is 0 Å². The molecule has 7 nitrogen and oxygen atoms in total. The fourth-order valence-corrected chi connectivity index (χ4v) is 4.34. The van der Waals surface area contributed by atoms with Gasteiger partial charge in [-0.05, 0) is 43.3 Å². The number of esters is 1. The van der Waals surface area contributed by atoms with Gasteiger partial charge in [0.05, 0.1) is 21.2 Å². The van der Waals surface area contributed by atoms with Gasteiger partial charge >= 0.3 is 5.97 Å². The van der Waals surface area contributed by atoms with Gasteiger partial charge in [-0.3, -0.25) is 4.79 Å². The molecular weight excluding hydrogens is 454 g/mol. The van der Waals surface area contributed by atoms with Crippen LogP contribution >= 0.6 is 11.6 Å². The number of anilines is 1. The molecule has 1 atom stereocenters. The minimum Gasteiger partial charge on any atom is -0.449 e. The van der Waals surface area contributed by atoms with Gasteiger partial charge in [0, 0.05) is 13.1 Å². The zero-order valence-corrected chi connectivity index (χ0v) is 18.6. The Kier molecular flexibility index (Phi) is 8.10. The number of nitrogens with one attached hydrogen (secondary N) is 1. The van der Waals surface area contributed by atoms with Gasteiger partial charge in [-0.2, -0.15) is 4.31 Å². The second-order valence-electron chi connectivity index (χ2n) is 6.39. The summed E-state index contributed by atoms with van der Waals surface area (Å²) < 4.78 is 58.7. The smallest absolute Gasteiger partial charge is 0.341 e. The maximum Gasteiger partial charge on any atom is 0.341 e. The van der Waals surface area contributed by atoms with E-state index in [9.17, 15) is 26.8 Å². The van der Waals surface area contributed by atoms with Gasteiger partial charge in [0.1, 0.15) is 11.6 Å². The molecule has 0 saturated carbocycles. The number of rotatable bonds is 8. The van der Waals surface area contributed by atoms with E-state index in [2.05, 4.69) is 5.32 Å². The van der Waals surface area contributed by atoms with E-state index in [0.29, 0.717) is 0 Å². The van der Waals surface area contributed by atoms with E-state index in [1.54, 1.807) is 13.8 Å². The second kappa shape index (κ2) is 10.2. The number of hydrogen-bond acceptors (Lipinski definition) is 5. The Labute approximate surface area is 184 Å². The average molecular weight is 475 g/mol. The molecule has 0 aliphatic carbocycles. The lowest BCUT2D eigenvalue weighted by Crippen LogP contribution is -2.31. The predicted octanol–water partition coefficient (Wildman–Crippen LogP) is 3.83. The quantitative estimate of drug-likeness (QED) is 0.587. The number of hydrogen-bond donors (Lipinski definition) is 1. The van der Waals surface area contributed by atoms with Crippen molar-refractivity contribution in [3.63, 3.8) is 0 Å². The Morgan fingerprint density at radius 2 is 1.77 bits per heavy atom. The first-order chi connectivity index (χ1) is 14.5. The summed E-state index contributed by atoms with van der Waals surface area (Å²) >= 11 is 5.84. The largest absolute Gasteiger partial charge is 0.449 e. The number of nitrogens with zero attached hydrogens (tertiary/aromatic N) is 1. The van der Waals surface area contributed by atoms with Crippen molar-refractivity contribution in [1.29, 1.82) is 0 Å². The van der Waals surface area contributed by atoms with Crippen molar-refractivity contribution in [1.82, 2.24) is 4.31 Å². The van der Waals surface area contributed by atoms with Crippen LogP contribution in [-0.4, -0.2) is 43.8 Å². The molecule has 0 aliphatic rings. The Morgan fingerprint density at radius 1 is 1.13 bits per heavy atom. The topological polar surface area (TPSA) is 92.8 Å². The summed E-state index contributed by atoms with van der Waals surface area (Å²) in [5.74, 6) is -3.62. The lowest BCUT2D eigenvalue weighted by atomic mass is 10.2. The molecule has 31 heavy (non-hydrogen) atoms. The van der Waals surface area contributed by atoms with Crippen molar-refractivity contribution in [3.05, 3.63) is 58.6 Å². The van der Waals surface area contributed by atoms with Gasteiger partial charge < -0.3 is 10.1 Å². The molecule has 2 rings (SSSR count). The molecule has 0 radical (unpaired) electrons. The van der Waals surface area contributed by atoms with Crippen molar-refractivity contribution in [3.8, 4) is 0 Å². The van der Waals surface area contributed by atoms with Gasteiger partial charge in [0.25, 0.3) is 5.91 Å². The van der Waals surface area contributed by atoms with E-state index in [1.807, 2.05) is 0 Å². The Morgan fingerprint density at radius 3 is 2.35 bits per heavy atom. The fraction of sp³-hybridized carbons (Fsp3) is 0.300. The summed E-state index contributed by atoms with van der Waals surface area (Å²) in [4.78, 5) is 24.4. The van der Waals surface area contributed by atoms with E-state index in [-0.39, 0.29) is 28.7 Å². The Hall–Kier alpha value is -2.56. The molecule has 2 aromatic rings. The van der Waals surface area contributed by atoms with Crippen LogP contribution in [0.3, 0.4) is 0 Å². The number of halogens is 3. The molecule has 0 heterocycles. The fourth-order valence-electron chi connectivity index (χ4n) is 2.64. The van der Waals surface area contributed by atoms with Crippen LogP contribution in [0.1, 0.15) is 31.1 Å². The normalized spacial score (nSPS) is 12.5. The van der Waals surface area contributed by atoms with Gasteiger partial charge in [0.15, 0.2) is 6.10 Å². The van der Waals surface area contributed by atoms with E-state index in [0.717, 1.165) is 34.6 Å². The highest BCUT2D eigenvalue weighted by atomic mass is 35.5. The van der Waals surface area contributed by atoms with Crippen LogP contribution in [0.15, 0.2) is 41.3 Å². The molecule has 11 heteroatoms. The SMILES string of the molecule is CCN(CC)S(=O)(=O)c1ccc(F)c(C(=O)OC(C)C(=O)Nc2ccc(F)cc2Cl)c1.